The number of halogens is 5. The van der Waals surface area contributed by atoms with Crippen LogP contribution in [-0.4, -0.2) is 14.6 Å². The van der Waals surface area contributed by atoms with Crippen molar-refractivity contribution in [3.63, 3.8) is 0 Å². The number of aromatic amines is 1. The molecule has 5 nitrogen and oxygen atoms in total. The lowest BCUT2D eigenvalue weighted by atomic mass is 9.97. The summed E-state index contributed by atoms with van der Waals surface area (Å²) in [5.74, 6) is 0. The number of H-pyrrole nitrogens is 1. The van der Waals surface area contributed by atoms with Crippen molar-refractivity contribution in [3.8, 4) is 39.7 Å². The van der Waals surface area contributed by atoms with Crippen LogP contribution < -0.4 is 5.56 Å². The first-order valence-corrected chi connectivity index (χ1v) is 11.2. The van der Waals surface area contributed by atoms with Gasteiger partial charge in [-0.25, -0.2) is 0 Å². The molecule has 0 aliphatic heterocycles. The van der Waals surface area contributed by atoms with Crippen molar-refractivity contribution in [2.24, 2.45) is 0 Å². The number of aromatic nitrogens is 3. The van der Waals surface area contributed by atoms with Gasteiger partial charge in [-0.05, 0) is 35.9 Å². The maximum atomic E-state index is 13.9. The van der Waals surface area contributed by atoms with Crippen LogP contribution >= 0.6 is 23.2 Å². The zero-order valence-corrected chi connectivity index (χ0v) is 19.6. The number of hydrogen-bond donors (Lipinski definition) is 1. The Hall–Kier alpha value is -4.06. The lowest BCUT2D eigenvalue weighted by molar-refractivity contribution is -0.137. The average Bonchev–Trinajstić information content (AvgIpc) is 3.23. The number of hydrogen-bond acceptors (Lipinski definition) is 3. The highest BCUT2D eigenvalue weighted by Crippen LogP contribution is 2.43. The van der Waals surface area contributed by atoms with Crippen LogP contribution in [0.4, 0.5) is 13.2 Å². The summed E-state index contributed by atoms with van der Waals surface area (Å²) in [5.41, 5.74) is 0.379. The smallest absolute Gasteiger partial charge is 0.339 e. The molecule has 10 heteroatoms. The van der Waals surface area contributed by atoms with Gasteiger partial charge in [0.1, 0.15) is 11.3 Å². The Morgan fingerprint density at radius 1 is 0.944 bits per heavy atom. The molecule has 0 amide bonds. The average molecular weight is 525 g/mol. The van der Waals surface area contributed by atoms with Crippen LogP contribution in [0.5, 0.6) is 0 Å². The number of nitrogens with zero attached hydrogens (tertiary/aromatic N) is 3. The number of nitrogens with one attached hydrogen (secondary N) is 1. The Morgan fingerprint density at radius 3 is 2.33 bits per heavy atom. The van der Waals surface area contributed by atoms with E-state index in [4.69, 9.17) is 28.5 Å². The molecule has 0 aliphatic rings. The molecule has 0 bridgehead atoms. The van der Waals surface area contributed by atoms with Crippen molar-refractivity contribution in [3.05, 3.63) is 104 Å². The third-order valence-corrected chi connectivity index (χ3v) is 6.18. The highest BCUT2D eigenvalue weighted by atomic mass is 35.5. The highest BCUT2D eigenvalue weighted by Gasteiger charge is 2.35. The van der Waals surface area contributed by atoms with Gasteiger partial charge in [0.25, 0.3) is 5.56 Å². The minimum absolute atomic E-state index is 0.0718. The van der Waals surface area contributed by atoms with Crippen LogP contribution in [0.3, 0.4) is 0 Å². The molecular formula is C26H13Cl2F3N4O. The number of fused-ring (bicyclic) bond motifs is 1. The Balaban J connectivity index is 1.87. The molecule has 0 spiro atoms. The van der Waals surface area contributed by atoms with Crippen molar-refractivity contribution in [1.82, 2.24) is 14.6 Å². The highest BCUT2D eigenvalue weighted by molar-refractivity contribution is 6.36. The van der Waals surface area contributed by atoms with Gasteiger partial charge < -0.3 is 4.98 Å². The maximum Gasteiger partial charge on any atom is 0.417 e. The summed E-state index contributed by atoms with van der Waals surface area (Å²) in [5, 5.41) is 13.9. The van der Waals surface area contributed by atoms with Gasteiger partial charge in [0.2, 0.25) is 0 Å². The molecule has 0 fully saturated rings. The first-order valence-electron chi connectivity index (χ1n) is 10.5. The quantitative estimate of drug-likeness (QED) is 0.270. The van der Waals surface area contributed by atoms with Crippen molar-refractivity contribution < 1.29 is 13.2 Å². The Bertz CT molecular complexity index is 1730. The molecule has 0 saturated carbocycles. The fourth-order valence-electron chi connectivity index (χ4n) is 3.99. The SMILES string of the molecule is N#Cc1ccc(-c2cc(=O)n3nc(-c4ccccc4C(F)(F)F)c(-c4ccc(Cl)cc4Cl)c3[nH]2)cc1. The molecular weight excluding hydrogens is 512 g/mol. The fourth-order valence-corrected chi connectivity index (χ4v) is 4.50. The molecule has 2 aromatic heterocycles. The van der Waals surface area contributed by atoms with E-state index in [1.165, 1.54) is 30.3 Å². The summed E-state index contributed by atoms with van der Waals surface area (Å²) < 4.78 is 42.7. The molecule has 0 unspecified atom stereocenters. The topological polar surface area (TPSA) is 73.9 Å². The van der Waals surface area contributed by atoms with Crippen LogP contribution in [0.2, 0.25) is 10.0 Å². The molecule has 5 rings (SSSR count). The monoisotopic (exact) mass is 524 g/mol. The minimum Gasteiger partial charge on any atom is -0.339 e. The predicted molar refractivity (Wildman–Crippen MR) is 132 cm³/mol. The third-order valence-electron chi connectivity index (χ3n) is 5.63. The summed E-state index contributed by atoms with van der Waals surface area (Å²) in [6.45, 7) is 0. The van der Waals surface area contributed by atoms with Gasteiger partial charge in [-0.2, -0.15) is 28.0 Å². The Kier molecular flexibility index (Phi) is 5.83. The third kappa shape index (κ3) is 4.13. The first kappa shape index (κ1) is 23.7. The maximum absolute atomic E-state index is 13.9. The van der Waals surface area contributed by atoms with E-state index < -0.39 is 17.3 Å². The summed E-state index contributed by atoms with van der Waals surface area (Å²) in [4.78, 5) is 16.2. The fraction of sp³-hybridized carbons (Fsp3) is 0.0385. The van der Waals surface area contributed by atoms with Gasteiger partial charge in [-0.3, -0.25) is 4.79 Å². The van der Waals surface area contributed by atoms with Gasteiger partial charge in [0, 0.05) is 22.2 Å². The van der Waals surface area contributed by atoms with E-state index in [0.717, 1.165) is 10.6 Å². The summed E-state index contributed by atoms with van der Waals surface area (Å²) >= 11 is 12.5. The largest absolute Gasteiger partial charge is 0.417 e. The van der Waals surface area contributed by atoms with Gasteiger partial charge in [0.05, 0.1) is 33.5 Å². The molecule has 0 aliphatic carbocycles. The molecule has 36 heavy (non-hydrogen) atoms. The number of benzene rings is 3. The van der Waals surface area contributed by atoms with Crippen molar-refractivity contribution in [2.75, 3.05) is 0 Å². The van der Waals surface area contributed by atoms with E-state index in [9.17, 15) is 18.0 Å². The van der Waals surface area contributed by atoms with Crippen LogP contribution in [0.1, 0.15) is 11.1 Å². The second kappa shape index (κ2) is 8.86. The second-order valence-corrected chi connectivity index (χ2v) is 8.71. The van der Waals surface area contributed by atoms with E-state index in [0.29, 0.717) is 27.4 Å². The minimum atomic E-state index is -4.66. The number of rotatable bonds is 3. The lowest BCUT2D eigenvalue weighted by Crippen LogP contribution is -2.14. The predicted octanol–water partition coefficient (Wildman–Crippen LogP) is 7.22. The van der Waals surface area contributed by atoms with E-state index in [-0.39, 0.29) is 27.5 Å². The lowest BCUT2D eigenvalue weighted by Gasteiger charge is -2.13. The van der Waals surface area contributed by atoms with Crippen molar-refractivity contribution in [1.29, 1.82) is 5.26 Å². The van der Waals surface area contributed by atoms with E-state index in [2.05, 4.69) is 10.1 Å². The summed E-state index contributed by atoms with van der Waals surface area (Å²) in [6, 6.07) is 19.4. The molecule has 2 heterocycles. The van der Waals surface area contributed by atoms with Crippen LogP contribution in [0, 0.1) is 11.3 Å². The van der Waals surface area contributed by atoms with E-state index >= 15 is 0 Å². The van der Waals surface area contributed by atoms with Crippen LogP contribution in [-0.2, 0) is 6.18 Å². The van der Waals surface area contributed by atoms with Gasteiger partial charge in [-0.15, -0.1) is 0 Å². The molecule has 5 aromatic rings. The molecule has 0 atom stereocenters. The zero-order chi connectivity index (χ0) is 25.6. The first-order chi connectivity index (χ1) is 17.2. The number of alkyl halides is 3. The van der Waals surface area contributed by atoms with Crippen molar-refractivity contribution in [2.45, 2.75) is 6.18 Å². The summed E-state index contributed by atoms with van der Waals surface area (Å²) in [6.07, 6.45) is -4.66. The van der Waals surface area contributed by atoms with E-state index in [1.807, 2.05) is 6.07 Å². The summed E-state index contributed by atoms with van der Waals surface area (Å²) in [7, 11) is 0. The Labute approximate surface area is 212 Å². The number of nitriles is 1. The normalized spacial score (nSPS) is 11.6. The molecule has 0 radical (unpaired) electrons. The zero-order valence-electron chi connectivity index (χ0n) is 18.1. The molecule has 178 valence electrons. The molecule has 0 saturated heterocycles. The van der Waals surface area contributed by atoms with Crippen molar-refractivity contribution >= 4 is 28.8 Å². The van der Waals surface area contributed by atoms with Crippen LogP contribution in [0.25, 0.3) is 39.3 Å². The van der Waals surface area contributed by atoms with Gasteiger partial charge in [-0.1, -0.05) is 59.6 Å². The Morgan fingerprint density at radius 2 is 1.67 bits per heavy atom. The standard InChI is InChI=1S/C26H13Cl2F3N4O/c27-16-9-10-18(20(28)11-16)23-24(17-3-1-2-4-19(17)26(29,30)31)34-35-22(36)12-21(33-25(23)35)15-7-5-14(13-32)6-8-15/h1-12,33H. The van der Waals surface area contributed by atoms with Gasteiger partial charge >= 0.3 is 6.18 Å². The van der Waals surface area contributed by atoms with E-state index in [1.54, 1.807) is 36.4 Å². The molecule has 1 N–H and O–H groups in total. The van der Waals surface area contributed by atoms with Gasteiger partial charge in [0.15, 0.2) is 0 Å². The second-order valence-electron chi connectivity index (χ2n) is 7.86. The molecule has 3 aromatic carbocycles. The van der Waals surface area contributed by atoms with Crippen LogP contribution in [0.15, 0.2) is 77.6 Å².